The summed E-state index contributed by atoms with van der Waals surface area (Å²) in [5.41, 5.74) is 0.379. The average molecular weight is 319 g/mol. The number of anilines is 1. The molecule has 0 aromatic carbocycles. The van der Waals surface area contributed by atoms with E-state index in [1.54, 1.807) is 6.92 Å². The number of aryl methyl sites for hydroxylation is 1. The standard InChI is InChI=1S/C12H10ClF3N4O/c1-7-5-9(13)18-11(17-7)19-10(21)8-3-2-4-20(8)6-12(14,15)16/h2-5H,6H2,1H3,(H,17,18,19,21). The number of hydrogen-bond acceptors (Lipinski definition) is 3. The fourth-order valence-electron chi connectivity index (χ4n) is 1.70. The minimum atomic E-state index is -4.42. The normalized spacial score (nSPS) is 11.5. The number of aromatic nitrogens is 3. The van der Waals surface area contributed by atoms with Crippen molar-refractivity contribution >= 4 is 23.5 Å². The lowest BCUT2D eigenvalue weighted by atomic mass is 10.4. The van der Waals surface area contributed by atoms with E-state index >= 15 is 0 Å². The molecule has 2 aromatic heterocycles. The number of rotatable bonds is 3. The summed E-state index contributed by atoms with van der Waals surface area (Å²) >= 11 is 5.72. The molecular weight excluding hydrogens is 309 g/mol. The minimum Gasteiger partial charge on any atom is -0.334 e. The third-order valence-electron chi connectivity index (χ3n) is 2.46. The maximum atomic E-state index is 12.4. The molecule has 0 aliphatic rings. The summed E-state index contributed by atoms with van der Waals surface area (Å²) in [6.45, 7) is 0.397. The molecule has 0 saturated heterocycles. The highest BCUT2D eigenvalue weighted by Crippen LogP contribution is 2.19. The van der Waals surface area contributed by atoms with Gasteiger partial charge >= 0.3 is 6.18 Å². The van der Waals surface area contributed by atoms with Crippen molar-refractivity contribution in [1.82, 2.24) is 14.5 Å². The minimum absolute atomic E-state index is 0.0650. The van der Waals surface area contributed by atoms with Gasteiger partial charge in [0.15, 0.2) is 0 Å². The van der Waals surface area contributed by atoms with Crippen LogP contribution in [-0.4, -0.2) is 26.6 Å². The van der Waals surface area contributed by atoms with Gasteiger partial charge in [0.1, 0.15) is 17.4 Å². The van der Waals surface area contributed by atoms with Crippen molar-refractivity contribution < 1.29 is 18.0 Å². The third-order valence-corrected chi connectivity index (χ3v) is 2.65. The van der Waals surface area contributed by atoms with Gasteiger partial charge in [-0.25, -0.2) is 9.97 Å². The molecule has 2 aromatic rings. The van der Waals surface area contributed by atoms with Gasteiger partial charge in [0.2, 0.25) is 5.95 Å². The topological polar surface area (TPSA) is 59.8 Å². The van der Waals surface area contributed by atoms with Gasteiger partial charge < -0.3 is 4.57 Å². The SMILES string of the molecule is Cc1cc(Cl)nc(NC(=O)c2cccn2CC(F)(F)F)n1. The quantitative estimate of drug-likeness (QED) is 0.885. The first-order valence-electron chi connectivity index (χ1n) is 5.79. The zero-order valence-corrected chi connectivity index (χ0v) is 11.5. The van der Waals surface area contributed by atoms with Gasteiger partial charge in [-0.15, -0.1) is 0 Å². The summed E-state index contributed by atoms with van der Waals surface area (Å²) in [4.78, 5) is 19.7. The van der Waals surface area contributed by atoms with Crippen molar-refractivity contribution in [1.29, 1.82) is 0 Å². The van der Waals surface area contributed by atoms with Gasteiger partial charge in [-0.3, -0.25) is 10.1 Å². The molecular formula is C12H10ClF3N4O. The van der Waals surface area contributed by atoms with Gasteiger partial charge in [0.25, 0.3) is 5.91 Å². The zero-order chi connectivity index (χ0) is 15.6. The first-order valence-corrected chi connectivity index (χ1v) is 6.17. The van der Waals surface area contributed by atoms with E-state index in [-0.39, 0.29) is 16.8 Å². The number of carbonyl (C=O) groups excluding carboxylic acids is 1. The van der Waals surface area contributed by atoms with Crippen LogP contribution in [0.4, 0.5) is 19.1 Å². The molecule has 0 unspecified atom stereocenters. The number of nitrogens with zero attached hydrogens (tertiary/aromatic N) is 3. The van der Waals surface area contributed by atoms with Crippen molar-refractivity contribution in [2.45, 2.75) is 19.6 Å². The predicted octanol–water partition coefficient (Wildman–Crippen LogP) is 3.05. The van der Waals surface area contributed by atoms with Crippen LogP contribution < -0.4 is 5.32 Å². The van der Waals surface area contributed by atoms with Crippen LogP contribution in [0.2, 0.25) is 5.15 Å². The molecule has 112 valence electrons. The summed E-state index contributed by atoms with van der Waals surface area (Å²) in [7, 11) is 0. The fraction of sp³-hybridized carbons (Fsp3) is 0.250. The van der Waals surface area contributed by atoms with E-state index in [0.717, 1.165) is 4.57 Å². The Balaban J connectivity index is 2.19. The highest BCUT2D eigenvalue weighted by Gasteiger charge is 2.29. The first-order chi connectivity index (χ1) is 9.74. The second-order valence-electron chi connectivity index (χ2n) is 4.25. The van der Waals surface area contributed by atoms with Gasteiger partial charge in [-0.05, 0) is 25.1 Å². The molecule has 0 aliphatic carbocycles. The summed E-state index contributed by atoms with van der Waals surface area (Å²) in [6.07, 6.45) is -3.25. The van der Waals surface area contributed by atoms with E-state index in [0.29, 0.717) is 5.69 Å². The molecule has 1 N–H and O–H groups in total. The van der Waals surface area contributed by atoms with E-state index in [9.17, 15) is 18.0 Å². The van der Waals surface area contributed by atoms with E-state index in [4.69, 9.17) is 11.6 Å². The van der Waals surface area contributed by atoms with E-state index in [2.05, 4.69) is 15.3 Å². The lowest BCUT2D eigenvalue weighted by Crippen LogP contribution is -2.23. The van der Waals surface area contributed by atoms with E-state index in [1.807, 2.05) is 0 Å². The number of carbonyl (C=O) groups is 1. The van der Waals surface area contributed by atoms with Crippen LogP contribution in [0, 0.1) is 6.92 Å². The number of halogens is 4. The van der Waals surface area contributed by atoms with Crippen molar-refractivity contribution in [3.8, 4) is 0 Å². The summed E-state index contributed by atoms with van der Waals surface area (Å²) in [6, 6.07) is 4.12. The maximum absolute atomic E-state index is 12.4. The molecule has 9 heteroatoms. The Kier molecular flexibility index (Phi) is 4.17. The number of hydrogen-bond donors (Lipinski definition) is 1. The van der Waals surface area contributed by atoms with Crippen LogP contribution in [0.5, 0.6) is 0 Å². The number of amides is 1. The zero-order valence-electron chi connectivity index (χ0n) is 10.8. The van der Waals surface area contributed by atoms with Crippen LogP contribution in [-0.2, 0) is 6.54 Å². The van der Waals surface area contributed by atoms with E-state index in [1.165, 1.54) is 24.4 Å². The monoisotopic (exact) mass is 318 g/mol. The predicted molar refractivity (Wildman–Crippen MR) is 70.2 cm³/mol. The summed E-state index contributed by atoms with van der Waals surface area (Å²) in [5.74, 6) is -0.810. The second-order valence-corrected chi connectivity index (χ2v) is 4.63. The molecule has 5 nitrogen and oxygen atoms in total. The van der Waals surface area contributed by atoms with E-state index < -0.39 is 18.6 Å². The Morgan fingerprint density at radius 2 is 2.14 bits per heavy atom. The van der Waals surface area contributed by atoms with Crippen molar-refractivity contribution in [2.75, 3.05) is 5.32 Å². The molecule has 0 spiro atoms. The average Bonchev–Trinajstić information content (AvgIpc) is 2.72. The molecule has 2 heterocycles. The lowest BCUT2D eigenvalue weighted by molar-refractivity contribution is -0.140. The Bertz CT molecular complexity index is 649. The molecule has 0 saturated carbocycles. The Morgan fingerprint density at radius 1 is 1.43 bits per heavy atom. The molecule has 0 atom stereocenters. The van der Waals surface area contributed by atoms with Crippen LogP contribution in [0.25, 0.3) is 0 Å². The Morgan fingerprint density at radius 3 is 2.76 bits per heavy atom. The van der Waals surface area contributed by atoms with Crippen LogP contribution in [0.1, 0.15) is 16.2 Å². The largest absolute Gasteiger partial charge is 0.406 e. The lowest BCUT2D eigenvalue weighted by Gasteiger charge is -2.11. The molecule has 0 radical (unpaired) electrons. The molecule has 0 bridgehead atoms. The molecule has 0 fully saturated rings. The Labute approximate surface area is 122 Å². The number of nitrogens with one attached hydrogen (secondary N) is 1. The molecule has 0 aliphatic heterocycles. The van der Waals surface area contributed by atoms with Crippen LogP contribution in [0.3, 0.4) is 0 Å². The van der Waals surface area contributed by atoms with Gasteiger partial charge in [-0.2, -0.15) is 13.2 Å². The fourth-order valence-corrected chi connectivity index (χ4v) is 1.94. The van der Waals surface area contributed by atoms with Crippen LogP contribution >= 0.6 is 11.6 Å². The van der Waals surface area contributed by atoms with Gasteiger partial charge in [0.05, 0.1) is 0 Å². The van der Waals surface area contributed by atoms with Crippen LogP contribution in [0.15, 0.2) is 24.4 Å². The van der Waals surface area contributed by atoms with Crippen molar-refractivity contribution in [2.24, 2.45) is 0 Å². The summed E-state index contributed by atoms with van der Waals surface area (Å²) in [5, 5.41) is 2.45. The maximum Gasteiger partial charge on any atom is 0.406 e. The molecule has 1 amide bonds. The van der Waals surface area contributed by atoms with Gasteiger partial charge in [0, 0.05) is 11.9 Å². The Hall–Kier alpha value is -2.09. The second kappa shape index (κ2) is 5.72. The molecule has 2 rings (SSSR count). The van der Waals surface area contributed by atoms with Gasteiger partial charge in [-0.1, -0.05) is 11.6 Å². The summed E-state index contributed by atoms with van der Waals surface area (Å²) < 4.78 is 38.0. The highest BCUT2D eigenvalue weighted by atomic mass is 35.5. The first kappa shape index (κ1) is 15.3. The third kappa shape index (κ3) is 4.19. The van der Waals surface area contributed by atoms with Crippen molar-refractivity contribution in [3.05, 3.63) is 40.9 Å². The van der Waals surface area contributed by atoms with Crippen molar-refractivity contribution in [3.63, 3.8) is 0 Å². The highest BCUT2D eigenvalue weighted by molar-refractivity contribution is 6.29. The smallest absolute Gasteiger partial charge is 0.334 e. The molecule has 21 heavy (non-hydrogen) atoms. The number of alkyl halides is 3.